The molecule has 0 aromatic heterocycles. The summed E-state index contributed by atoms with van der Waals surface area (Å²) in [5, 5.41) is 2.91. The average Bonchev–Trinajstić information content (AvgIpc) is 2.73. The first kappa shape index (κ1) is 29.9. The van der Waals surface area contributed by atoms with Gasteiger partial charge in [0.15, 0.2) is 0 Å². The van der Waals surface area contributed by atoms with Crippen LogP contribution in [0.15, 0.2) is 0 Å². The molecule has 0 aliphatic heterocycles. The van der Waals surface area contributed by atoms with Crippen LogP contribution in [0.1, 0.15) is 136 Å². The highest BCUT2D eigenvalue weighted by molar-refractivity contribution is 5.75. The number of ether oxygens (including phenoxy) is 1. The normalized spacial score (nSPS) is 11.5. The molecule has 0 spiro atoms. The molecule has 5 heteroatoms. The first-order chi connectivity index (χ1) is 14.9. The Kier molecular flexibility index (Phi) is 20.0. The highest BCUT2D eigenvalue weighted by Crippen LogP contribution is 2.17. The summed E-state index contributed by atoms with van der Waals surface area (Å²) in [6, 6.07) is 0. The van der Waals surface area contributed by atoms with E-state index in [4.69, 9.17) is 10.5 Å². The lowest BCUT2D eigenvalue weighted by atomic mass is 10.0. The quantitative estimate of drug-likeness (QED) is 0.150. The van der Waals surface area contributed by atoms with Crippen LogP contribution in [0.2, 0.25) is 0 Å². The second-order valence-corrected chi connectivity index (χ2v) is 9.53. The van der Waals surface area contributed by atoms with Crippen molar-refractivity contribution in [2.24, 2.45) is 5.73 Å². The molecular weight excluding hydrogens is 388 g/mol. The summed E-state index contributed by atoms with van der Waals surface area (Å²) in [7, 11) is 0. The number of hydrogen-bond donors (Lipinski definition) is 2. The van der Waals surface area contributed by atoms with Gasteiger partial charge in [0, 0.05) is 19.4 Å². The Hall–Kier alpha value is -1.10. The van der Waals surface area contributed by atoms with Gasteiger partial charge in [-0.2, -0.15) is 0 Å². The molecular formula is C26H52N2O3. The van der Waals surface area contributed by atoms with E-state index >= 15 is 0 Å². The van der Waals surface area contributed by atoms with Crippen molar-refractivity contribution in [3.8, 4) is 0 Å². The van der Waals surface area contributed by atoms with Crippen LogP contribution in [0.5, 0.6) is 0 Å². The first-order valence-electron chi connectivity index (χ1n) is 13.1. The highest BCUT2D eigenvalue weighted by atomic mass is 16.6. The van der Waals surface area contributed by atoms with Gasteiger partial charge in [0.05, 0.1) is 0 Å². The summed E-state index contributed by atoms with van der Waals surface area (Å²) in [4.78, 5) is 23.3. The van der Waals surface area contributed by atoms with E-state index in [0.717, 1.165) is 32.1 Å². The minimum absolute atomic E-state index is 0.0457. The van der Waals surface area contributed by atoms with Gasteiger partial charge in [-0.05, 0) is 46.1 Å². The largest absolute Gasteiger partial charge is 0.460 e. The Bertz CT molecular complexity index is 438. The van der Waals surface area contributed by atoms with Crippen molar-refractivity contribution in [2.45, 2.75) is 142 Å². The molecule has 0 aromatic rings. The average molecular weight is 441 g/mol. The second-order valence-electron chi connectivity index (χ2n) is 9.53. The molecule has 0 radical (unpaired) electrons. The molecule has 0 unspecified atom stereocenters. The predicted octanol–water partition coefficient (Wildman–Crippen LogP) is 6.42. The third kappa shape index (κ3) is 21.9. The number of carbonyl (C=O) groups excluding carboxylic acids is 2. The standard InChI is InChI=1S/C26H52N2O3/c1-4-26(2,3)31-25(30)21-18-16-14-12-10-8-6-5-7-9-11-13-15-17-20-24(29)28-23-19-22-27/h4-23,27H2,1-3H3,(H,28,29). The zero-order valence-electron chi connectivity index (χ0n) is 20.9. The molecule has 0 aliphatic carbocycles. The van der Waals surface area contributed by atoms with E-state index in [1.54, 1.807) is 0 Å². The maximum atomic E-state index is 11.8. The minimum atomic E-state index is -0.320. The molecule has 0 bridgehead atoms. The van der Waals surface area contributed by atoms with Crippen LogP contribution in [0.25, 0.3) is 0 Å². The van der Waals surface area contributed by atoms with Gasteiger partial charge in [0.2, 0.25) is 5.91 Å². The van der Waals surface area contributed by atoms with Crippen LogP contribution < -0.4 is 11.1 Å². The number of unbranched alkanes of at least 4 members (excludes halogenated alkanes) is 13. The van der Waals surface area contributed by atoms with Gasteiger partial charge in [-0.25, -0.2) is 0 Å². The smallest absolute Gasteiger partial charge is 0.306 e. The Balaban J connectivity index is 3.23. The third-order valence-corrected chi connectivity index (χ3v) is 5.98. The monoisotopic (exact) mass is 440 g/mol. The van der Waals surface area contributed by atoms with E-state index in [0.29, 0.717) is 25.9 Å². The predicted molar refractivity (Wildman–Crippen MR) is 131 cm³/mol. The van der Waals surface area contributed by atoms with Crippen molar-refractivity contribution < 1.29 is 14.3 Å². The number of hydrogen-bond acceptors (Lipinski definition) is 4. The van der Waals surface area contributed by atoms with Gasteiger partial charge in [0.25, 0.3) is 0 Å². The highest BCUT2D eigenvalue weighted by Gasteiger charge is 2.19. The maximum absolute atomic E-state index is 11.8. The molecule has 0 fully saturated rings. The molecule has 1 amide bonds. The molecule has 0 rings (SSSR count). The van der Waals surface area contributed by atoms with Gasteiger partial charge in [-0.1, -0.05) is 84.0 Å². The van der Waals surface area contributed by atoms with Crippen LogP contribution >= 0.6 is 0 Å². The van der Waals surface area contributed by atoms with Gasteiger partial charge < -0.3 is 15.8 Å². The summed E-state index contributed by atoms with van der Waals surface area (Å²) < 4.78 is 5.47. The van der Waals surface area contributed by atoms with Crippen molar-refractivity contribution in [2.75, 3.05) is 13.1 Å². The Labute approximate surface area is 192 Å². The number of carbonyl (C=O) groups is 2. The lowest BCUT2D eigenvalue weighted by Crippen LogP contribution is -2.26. The Morgan fingerprint density at radius 2 is 1.13 bits per heavy atom. The van der Waals surface area contributed by atoms with E-state index in [-0.39, 0.29) is 17.5 Å². The summed E-state index contributed by atoms with van der Waals surface area (Å²) >= 11 is 0. The van der Waals surface area contributed by atoms with Gasteiger partial charge in [-0.15, -0.1) is 0 Å². The minimum Gasteiger partial charge on any atom is -0.460 e. The van der Waals surface area contributed by atoms with E-state index in [1.807, 2.05) is 20.8 Å². The van der Waals surface area contributed by atoms with Crippen LogP contribution in [0, 0.1) is 0 Å². The van der Waals surface area contributed by atoms with E-state index in [2.05, 4.69) is 5.32 Å². The van der Waals surface area contributed by atoms with Gasteiger partial charge in [-0.3, -0.25) is 9.59 Å². The van der Waals surface area contributed by atoms with Crippen molar-refractivity contribution in [3.05, 3.63) is 0 Å². The topological polar surface area (TPSA) is 81.4 Å². The number of rotatable bonds is 22. The molecule has 184 valence electrons. The number of amides is 1. The summed E-state index contributed by atoms with van der Waals surface area (Å²) in [5.41, 5.74) is 5.09. The molecule has 3 N–H and O–H groups in total. The summed E-state index contributed by atoms with van der Waals surface area (Å²) in [6.07, 6.45) is 20.3. The number of esters is 1. The molecule has 0 atom stereocenters. The van der Waals surface area contributed by atoms with E-state index in [9.17, 15) is 9.59 Å². The molecule has 0 aliphatic rings. The van der Waals surface area contributed by atoms with Crippen molar-refractivity contribution >= 4 is 11.9 Å². The Morgan fingerprint density at radius 3 is 1.55 bits per heavy atom. The van der Waals surface area contributed by atoms with Crippen LogP contribution in [-0.2, 0) is 14.3 Å². The van der Waals surface area contributed by atoms with Gasteiger partial charge >= 0.3 is 5.97 Å². The molecule has 0 heterocycles. The van der Waals surface area contributed by atoms with E-state index in [1.165, 1.54) is 70.6 Å². The summed E-state index contributed by atoms with van der Waals surface area (Å²) in [5.74, 6) is 0.127. The number of nitrogens with two attached hydrogens (primary N) is 1. The second kappa shape index (κ2) is 20.8. The zero-order chi connectivity index (χ0) is 23.2. The van der Waals surface area contributed by atoms with Crippen LogP contribution in [0.4, 0.5) is 0 Å². The van der Waals surface area contributed by atoms with E-state index < -0.39 is 0 Å². The zero-order valence-corrected chi connectivity index (χ0v) is 20.9. The molecule has 0 saturated heterocycles. The van der Waals surface area contributed by atoms with Crippen molar-refractivity contribution in [1.82, 2.24) is 5.32 Å². The van der Waals surface area contributed by atoms with Crippen LogP contribution in [0.3, 0.4) is 0 Å². The van der Waals surface area contributed by atoms with Gasteiger partial charge in [0.1, 0.15) is 5.60 Å². The Morgan fingerprint density at radius 1 is 0.710 bits per heavy atom. The van der Waals surface area contributed by atoms with Crippen molar-refractivity contribution in [3.63, 3.8) is 0 Å². The van der Waals surface area contributed by atoms with Crippen LogP contribution in [-0.4, -0.2) is 30.6 Å². The van der Waals surface area contributed by atoms with Crippen molar-refractivity contribution in [1.29, 1.82) is 0 Å². The third-order valence-electron chi connectivity index (χ3n) is 5.98. The fourth-order valence-electron chi connectivity index (χ4n) is 3.53. The summed E-state index contributed by atoms with van der Waals surface area (Å²) in [6.45, 7) is 7.34. The molecule has 5 nitrogen and oxygen atoms in total. The molecule has 0 aromatic carbocycles. The SMILES string of the molecule is CCC(C)(C)OC(=O)CCCCCCCCCCCCCCCCC(=O)NCCCN. The lowest BCUT2D eigenvalue weighted by Gasteiger charge is -2.23. The fraction of sp³-hybridized carbons (Fsp3) is 0.923. The molecule has 31 heavy (non-hydrogen) atoms. The number of nitrogens with one attached hydrogen (secondary N) is 1. The lowest BCUT2D eigenvalue weighted by molar-refractivity contribution is -0.156. The first-order valence-corrected chi connectivity index (χ1v) is 13.1. The maximum Gasteiger partial charge on any atom is 0.306 e. The molecule has 0 saturated carbocycles. The fourth-order valence-corrected chi connectivity index (χ4v) is 3.53.